The van der Waals surface area contributed by atoms with Gasteiger partial charge in [-0.3, -0.25) is 19.5 Å². The second-order valence-corrected chi connectivity index (χ2v) is 8.15. The molecule has 0 spiro atoms. The number of benzene rings is 1. The lowest BCUT2D eigenvalue weighted by Crippen LogP contribution is -2.47. The van der Waals surface area contributed by atoms with Crippen molar-refractivity contribution in [3.8, 4) is 23.3 Å². The zero-order chi connectivity index (χ0) is 26.6. The van der Waals surface area contributed by atoms with E-state index < -0.39 is 30.1 Å². The van der Waals surface area contributed by atoms with Crippen molar-refractivity contribution >= 4 is 17.6 Å². The molecular formula is C26H21F3N4O4. The number of rotatable bonds is 4. The minimum Gasteiger partial charge on any atom is -0.457 e. The molecular weight excluding hydrogens is 489 g/mol. The molecule has 0 bridgehead atoms. The number of nitrogens with one attached hydrogen (secondary N) is 1. The van der Waals surface area contributed by atoms with E-state index in [0.29, 0.717) is 23.5 Å². The zero-order valence-corrected chi connectivity index (χ0v) is 19.5. The lowest BCUT2D eigenvalue weighted by molar-refractivity contribution is -0.184. The van der Waals surface area contributed by atoms with Crippen molar-refractivity contribution in [2.24, 2.45) is 0 Å². The number of carbonyl (C=O) groups is 2. The lowest BCUT2D eigenvalue weighted by atomic mass is 10.1. The first-order chi connectivity index (χ1) is 17.6. The van der Waals surface area contributed by atoms with Crippen molar-refractivity contribution in [2.45, 2.75) is 31.2 Å². The van der Waals surface area contributed by atoms with E-state index in [1.165, 1.54) is 30.3 Å². The maximum absolute atomic E-state index is 13.1. The van der Waals surface area contributed by atoms with Crippen molar-refractivity contribution in [3.05, 3.63) is 77.7 Å². The van der Waals surface area contributed by atoms with Crippen molar-refractivity contribution in [1.29, 1.82) is 0 Å². The van der Waals surface area contributed by atoms with Gasteiger partial charge in [0.1, 0.15) is 34.7 Å². The number of anilines is 1. The second-order valence-electron chi connectivity index (χ2n) is 8.15. The maximum atomic E-state index is 13.1. The van der Waals surface area contributed by atoms with Gasteiger partial charge in [-0.2, -0.15) is 13.2 Å². The van der Waals surface area contributed by atoms with Crippen molar-refractivity contribution in [1.82, 2.24) is 15.3 Å². The van der Waals surface area contributed by atoms with Crippen LogP contribution in [0.15, 0.2) is 60.8 Å². The van der Waals surface area contributed by atoms with Crippen LogP contribution in [0.2, 0.25) is 0 Å². The quantitative estimate of drug-likeness (QED) is 0.523. The molecule has 0 fully saturated rings. The fraction of sp³-hybridized carbons (Fsp3) is 0.231. The molecule has 8 nitrogen and oxygen atoms in total. The molecule has 11 heteroatoms. The largest absolute Gasteiger partial charge is 0.457 e. The van der Waals surface area contributed by atoms with Gasteiger partial charge in [-0.15, -0.1) is 0 Å². The SMILES string of the molecule is CN1C(=O)[C@@H](NC(=O)c2cc(Oc3ccccc3)ccn2)CCc2ccc(C#CC(O)C(F)(F)F)nc21. The minimum atomic E-state index is -4.88. The van der Waals surface area contributed by atoms with E-state index in [4.69, 9.17) is 9.84 Å². The number of nitrogens with zero attached hydrogens (tertiary/aromatic N) is 3. The summed E-state index contributed by atoms with van der Waals surface area (Å²) >= 11 is 0. The van der Waals surface area contributed by atoms with Crippen LogP contribution in [0.3, 0.4) is 0 Å². The number of likely N-dealkylation sites (N-methyl/N-ethyl adjacent to an activating group) is 1. The Kier molecular flexibility index (Phi) is 7.40. The Morgan fingerprint density at radius 1 is 1.19 bits per heavy atom. The van der Waals surface area contributed by atoms with Gasteiger partial charge < -0.3 is 15.2 Å². The number of ether oxygens (including phenoxy) is 1. The Balaban J connectivity index is 1.47. The second kappa shape index (κ2) is 10.7. The van der Waals surface area contributed by atoms with Crippen LogP contribution in [-0.4, -0.2) is 52.3 Å². The molecule has 1 aliphatic heterocycles. The number of pyridine rings is 2. The van der Waals surface area contributed by atoms with Crippen LogP contribution >= 0.6 is 0 Å². The summed E-state index contributed by atoms with van der Waals surface area (Å²) < 4.78 is 43.3. The summed E-state index contributed by atoms with van der Waals surface area (Å²) in [5.41, 5.74) is 0.680. The number of hydrogen-bond acceptors (Lipinski definition) is 6. The van der Waals surface area contributed by atoms with Crippen LogP contribution in [0.1, 0.15) is 28.2 Å². The monoisotopic (exact) mass is 510 g/mol. The van der Waals surface area contributed by atoms with Crippen LogP contribution in [0, 0.1) is 11.8 Å². The van der Waals surface area contributed by atoms with Crippen molar-refractivity contribution in [2.75, 3.05) is 11.9 Å². The number of para-hydroxylation sites is 1. The molecule has 1 aromatic carbocycles. The standard InChI is InChI=1S/C26H21F3N4O4/c1-33-23-16(7-9-17(31-23)10-12-22(34)26(27,28)29)8-11-20(25(33)36)32-24(35)21-15-19(13-14-30-21)37-18-5-3-2-4-6-18/h2-7,9,13-15,20,22,34H,8,11H2,1H3,(H,32,35)/t20-,22?/m0/s1. The maximum Gasteiger partial charge on any atom is 0.425 e. The van der Waals surface area contributed by atoms with Gasteiger partial charge in [0.05, 0.1) is 0 Å². The number of amides is 2. The van der Waals surface area contributed by atoms with E-state index in [1.807, 2.05) is 18.2 Å². The van der Waals surface area contributed by atoms with E-state index in [0.717, 1.165) is 0 Å². The predicted molar refractivity (Wildman–Crippen MR) is 127 cm³/mol. The highest BCUT2D eigenvalue weighted by atomic mass is 19.4. The zero-order valence-electron chi connectivity index (χ0n) is 19.5. The average Bonchev–Trinajstić information content (AvgIpc) is 2.99. The fourth-order valence-electron chi connectivity index (χ4n) is 3.61. The smallest absolute Gasteiger partial charge is 0.425 e. The number of aliphatic hydroxyl groups excluding tert-OH is 1. The summed E-state index contributed by atoms with van der Waals surface area (Å²) in [6, 6.07) is 14.2. The summed E-state index contributed by atoms with van der Waals surface area (Å²) in [5.74, 6) is 4.05. The summed E-state index contributed by atoms with van der Waals surface area (Å²) in [7, 11) is 1.45. The van der Waals surface area contributed by atoms with Gasteiger partial charge in [0.15, 0.2) is 0 Å². The molecule has 0 radical (unpaired) electrons. The molecule has 0 aliphatic carbocycles. The molecule has 2 amide bonds. The third-order valence-corrected chi connectivity index (χ3v) is 5.50. The Morgan fingerprint density at radius 2 is 1.95 bits per heavy atom. The third-order valence-electron chi connectivity index (χ3n) is 5.50. The van der Waals surface area contributed by atoms with Gasteiger partial charge in [0.25, 0.3) is 5.91 Å². The molecule has 190 valence electrons. The van der Waals surface area contributed by atoms with E-state index in [-0.39, 0.29) is 23.6 Å². The first-order valence-electron chi connectivity index (χ1n) is 11.2. The van der Waals surface area contributed by atoms with Crippen LogP contribution < -0.4 is 15.0 Å². The van der Waals surface area contributed by atoms with Crippen molar-refractivity contribution in [3.63, 3.8) is 0 Å². The highest BCUT2D eigenvalue weighted by molar-refractivity contribution is 6.02. The predicted octanol–water partition coefficient (Wildman–Crippen LogP) is 3.25. The number of aryl methyl sites for hydroxylation is 1. The Morgan fingerprint density at radius 3 is 2.68 bits per heavy atom. The summed E-state index contributed by atoms with van der Waals surface area (Å²) in [5, 5.41) is 11.8. The molecule has 0 saturated heterocycles. The van der Waals surface area contributed by atoms with Gasteiger partial charge in [0, 0.05) is 19.3 Å². The number of halogens is 3. The average molecular weight is 510 g/mol. The number of fused-ring (bicyclic) bond motifs is 1. The lowest BCUT2D eigenvalue weighted by Gasteiger charge is -2.21. The minimum absolute atomic E-state index is 0.0383. The highest BCUT2D eigenvalue weighted by Crippen LogP contribution is 2.26. The topological polar surface area (TPSA) is 105 Å². The molecule has 1 unspecified atom stereocenters. The normalized spacial score (nSPS) is 16.1. The van der Waals surface area contributed by atoms with E-state index in [9.17, 15) is 22.8 Å². The molecule has 4 rings (SSSR count). The summed E-state index contributed by atoms with van der Waals surface area (Å²) in [6.07, 6.45) is -5.63. The molecule has 0 saturated carbocycles. The fourth-order valence-corrected chi connectivity index (χ4v) is 3.61. The van der Waals surface area contributed by atoms with Gasteiger partial charge in [0.2, 0.25) is 12.0 Å². The number of carbonyl (C=O) groups excluding carboxylic acids is 2. The molecule has 37 heavy (non-hydrogen) atoms. The Bertz CT molecular complexity index is 1370. The summed E-state index contributed by atoms with van der Waals surface area (Å²) in [4.78, 5) is 35.5. The molecule has 3 heterocycles. The number of aliphatic hydroxyl groups is 1. The van der Waals surface area contributed by atoms with Crippen LogP contribution in [0.25, 0.3) is 0 Å². The Hall–Kier alpha value is -4.43. The van der Waals surface area contributed by atoms with Crippen molar-refractivity contribution < 1.29 is 32.6 Å². The van der Waals surface area contributed by atoms with E-state index >= 15 is 0 Å². The first-order valence-corrected chi connectivity index (χ1v) is 11.2. The van der Waals surface area contributed by atoms with Crippen LogP contribution in [0.5, 0.6) is 11.5 Å². The Labute approximate surface area is 210 Å². The summed E-state index contributed by atoms with van der Waals surface area (Å²) in [6.45, 7) is 0. The molecule has 3 aromatic rings. The van der Waals surface area contributed by atoms with Gasteiger partial charge in [-0.1, -0.05) is 30.2 Å². The first kappa shape index (κ1) is 25.7. The van der Waals surface area contributed by atoms with Gasteiger partial charge in [-0.25, -0.2) is 4.98 Å². The van der Waals surface area contributed by atoms with Crippen LogP contribution in [0.4, 0.5) is 19.0 Å². The van der Waals surface area contributed by atoms with E-state index in [1.54, 1.807) is 30.2 Å². The third kappa shape index (κ3) is 6.23. The molecule has 1 aliphatic rings. The van der Waals surface area contributed by atoms with Gasteiger partial charge >= 0.3 is 6.18 Å². The number of aromatic nitrogens is 2. The van der Waals surface area contributed by atoms with Crippen LogP contribution in [-0.2, 0) is 11.2 Å². The number of alkyl halides is 3. The molecule has 2 aromatic heterocycles. The van der Waals surface area contributed by atoms with Gasteiger partial charge in [-0.05, 0) is 48.6 Å². The molecule has 2 N–H and O–H groups in total. The molecule has 2 atom stereocenters. The number of hydrogen-bond donors (Lipinski definition) is 2. The van der Waals surface area contributed by atoms with E-state index in [2.05, 4.69) is 21.2 Å². The highest BCUT2D eigenvalue weighted by Gasteiger charge is 2.37.